The monoisotopic (exact) mass is 515 g/mol. The van der Waals surface area contributed by atoms with Gasteiger partial charge >= 0.3 is 5.97 Å². The average molecular weight is 516 g/mol. The zero-order valence-electron chi connectivity index (χ0n) is 21.1. The Balaban J connectivity index is 1.28. The molecule has 2 aliphatic rings. The van der Waals surface area contributed by atoms with Crippen molar-refractivity contribution in [3.63, 3.8) is 0 Å². The van der Waals surface area contributed by atoms with E-state index in [1.54, 1.807) is 0 Å². The summed E-state index contributed by atoms with van der Waals surface area (Å²) < 4.78 is 43.3. The summed E-state index contributed by atoms with van der Waals surface area (Å²) in [7, 11) is -1.95. The number of rotatable bonds is 10. The highest BCUT2D eigenvalue weighted by atomic mass is 32.2. The lowest BCUT2D eigenvalue weighted by Gasteiger charge is -2.32. The first-order valence-electron chi connectivity index (χ1n) is 12.7. The topological polar surface area (TPSA) is 90.9 Å². The number of carbonyl (C=O) groups excluding carboxylic acids is 1. The van der Waals surface area contributed by atoms with Crippen molar-refractivity contribution >= 4 is 16.0 Å². The van der Waals surface area contributed by atoms with Gasteiger partial charge in [-0.25, -0.2) is 13.1 Å². The molecule has 2 aromatic rings. The normalized spacial score (nSPS) is 26.4. The van der Waals surface area contributed by atoms with Crippen molar-refractivity contribution in [2.24, 2.45) is 5.41 Å². The molecule has 2 saturated carbocycles. The molecule has 36 heavy (non-hydrogen) atoms. The fourth-order valence-corrected chi connectivity index (χ4v) is 6.37. The minimum absolute atomic E-state index is 0.0854. The molecule has 0 amide bonds. The first kappa shape index (κ1) is 26.6. The molecular formula is C28H37NO6S. The first-order chi connectivity index (χ1) is 17.3. The molecule has 0 unspecified atom stereocenters. The molecule has 0 radical (unpaired) electrons. The Bertz CT molecular complexity index is 1110. The molecule has 4 rings (SSSR count). The van der Waals surface area contributed by atoms with Gasteiger partial charge in [-0.3, -0.25) is 4.79 Å². The molecule has 2 aromatic carbocycles. The van der Waals surface area contributed by atoms with E-state index in [2.05, 4.69) is 35.1 Å². The number of methoxy groups -OCH3 is 1. The fourth-order valence-electron chi connectivity index (χ4n) is 5.56. The second kappa shape index (κ2) is 11.8. The minimum Gasteiger partial charge on any atom is -0.489 e. The van der Waals surface area contributed by atoms with Gasteiger partial charge in [-0.2, -0.15) is 0 Å². The summed E-state index contributed by atoms with van der Waals surface area (Å²) in [6, 6.07) is 18.2. The fraction of sp³-hybridized carbons (Fsp3) is 0.536. The molecule has 2 fully saturated rings. The number of hydrogen-bond acceptors (Lipinski definition) is 6. The van der Waals surface area contributed by atoms with Crippen LogP contribution < -0.4 is 9.46 Å². The largest absolute Gasteiger partial charge is 0.489 e. The molecule has 7 nitrogen and oxygen atoms in total. The van der Waals surface area contributed by atoms with Crippen LogP contribution in [0.15, 0.2) is 54.6 Å². The number of carbonyl (C=O) groups is 1. The van der Waals surface area contributed by atoms with Gasteiger partial charge in [0.25, 0.3) is 0 Å². The van der Waals surface area contributed by atoms with E-state index in [-0.39, 0.29) is 24.7 Å². The lowest BCUT2D eigenvalue weighted by atomic mass is 9.82. The zero-order valence-corrected chi connectivity index (χ0v) is 22.0. The predicted molar refractivity (Wildman–Crippen MR) is 138 cm³/mol. The van der Waals surface area contributed by atoms with Crippen LogP contribution in [0.1, 0.15) is 62.0 Å². The van der Waals surface area contributed by atoms with Crippen molar-refractivity contribution in [1.29, 1.82) is 0 Å². The van der Waals surface area contributed by atoms with Gasteiger partial charge in [0, 0.05) is 6.04 Å². The van der Waals surface area contributed by atoms with E-state index in [1.165, 1.54) is 12.7 Å². The van der Waals surface area contributed by atoms with Crippen LogP contribution in [0.25, 0.3) is 0 Å². The van der Waals surface area contributed by atoms with Gasteiger partial charge in [-0.1, -0.05) is 42.5 Å². The third-order valence-electron chi connectivity index (χ3n) is 7.45. The molecular weight excluding hydrogens is 478 g/mol. The Labute approximate surface area is 214 Å². The lowest BCUT2D eigenvalue weighted by Crippen LogP contribution is -2.39. The summed E-state index contributed by atoms with van der Waals surface area (Å²) in [5, 5.41) is 0. The maximum atomic E-state index is 12.6. The summed E-state index contributed by atoms with van der Waals surface area (Å²) in [4.78, 5) is 12.6. The quantitative estimate of drug-likeness (QED) is 0.466. The van der Waals surface area contributed by atoms with Crippen molar-refractivity contribution in [2.45, 2.75) is 69.6 Å². The second-order valence-corrected chi connectivity index (χ2v) is 12.0. The number of benzene rings is 2. The average Bonchev–Trinajstić information content (AvgIpc) is 3.29. The highest BCUT2D eigenvalue weighted by Crippen LogP contribution is 2.42. The van der Waals surface area contributed by atoms with Crippen molar-refractivity contribution < 1.29 is 27.4 Å². The minimum atomic E-state index is -3.33. The molecule has 0 spiro atoms. The van der Waals surface area contributed by atoms with Crippen molar-refractivity contribution in [1.82, 2.24) is 4.72 Å². The van der Waals surface area contributed by atoms with Crippen LogP contribution in [-0.4, -0.2) is 46.5 Å². The summed E-state index contributed by atoms with van der Waals surface area (Å²) >= 11 is 0. The van der Waals surface area contributed by atoms with Gasteiger partial charge in [0.15, 0.2) is 0 Å². The van der Waals surface area contributed by atoms with E-state index in [1.807, 2.05) is 24.3 Å². The van der Waals surface area contributed by atoms with Gasteiger partial charge in [-0.15, -0.1) is 0 Å². The summed E-state index contributed by atoms with van der Waals surface area (Å²) in [6.45, 7) is 0.813. The van der Waals surface area contributed by atoms with E-state index >= 15 is 0 Å². The molecule has 0 aliphatic heterocycles. The zero-order chi connectivity index (χ0) is 25.6. The Hall–Kier alpha value is -2.42. The number of nitrogens with one attached hydrogen (secondary N) is 1. The highest BCUT2D eigenvalue weighted by molar-refractivity contribution is 7.88. The van der Waals surface area contributed by atoms with Crippen molar-refractivity contribution in [3.05, 3.63) is 65.7 Å². The van der Waals surface area contributed by atoms with E-state index in [4.69, 9.17) is 14.2 Å². The van der Waals surface area contributed by atoms with Crippen LogP contribution >= 0.6 is 0 Å². The van der Waals surface area contributed by atoms with Gasteiger partial charge in [0.05, 0.1) is 31.5 Å². The van der Waals surface area contributed by atoms with Crippen LogP contribution in [0, 0.1) is 5.41 Å². The summed E-state index contributed by atoms with van der Waals surface area (Å²) in [6.07, 6.45) is 6.64. The standard InChI is InChI=1S/C28H37NO6S/c1-33-27(30)28(16-15-24(18-28)29-36(2,31)32)20-35-25-13-11-22(12-14-25)23-9-6-10-26(17-23)34-19-21-7-4-3-5-8-21/h3-10,17,22,24-25,29H,11-16,18-20H2,1-2H3/t22?,24-,25?,28-/m0/s1. The lowest BCUT2D eigenvalue weighted by molar-refractivity contribution is -0.158. The van der Waals surface area contributed by atoms with Crippen LogP contribution in [0.3, 0.4) is 0 Å². The van der Waals surface area contributed by atoms with Gasteiger partial charge < -0.3 is 14.2 Å². The number of hydrogen-bond donors (Lipinski definition) is 1. The Morgan fingerprint density at radius 2 is 1.78 bits per heavy atom. The van der Waals surface area contributed by atoms with Crippen LogP contribution in [-0.2, 0) is 30.9 Å². The number of sulfonamides is 1. The van der Waals surface area contributed by atoms with E-state index < -0.39 is 15.4 Å². The third kappa shape index (κ3) is 7.08. The highest BCUT2D eigenvalue weighted by Gasteiger charge is 2.47. The molecule has 0 saturated heterocycles. The second-order valence-electron chi connectivity index (χ2n) is 10.2. The van der Waals surface area contributed by atoms with E-state index in [9.17, 15) is 13.2 Å². The number of esters is 1. The SMILES string of the molecule is COC(=O)[C@@]1(COC2CCC(c3cccc(OCc4ccccc4)c3)CC2)CC[C@H](NS(C)(=O)=O)C1. The molecule has 0 heterocycles. The molecule has 8 heteroatoms. The van der Waals surface area contributed by atoms with Gasteiger partial charge in [0.2, 0.25) is 10.0 Å². The summed E-state index contributed by atoms with van der Waals surface area (Å²) in [5.74, 6) is 1.02. The van der Waals surface area contributed by atoms with Gasteiger partial charge in [-0.05, 0) is 74.1 Å². The van der Waals surface area contributed by atoms with Crippen LogP contribution in [0.4, 0.5) is 0 Å². The van der Waals surface area contributed by atoms with E-state index in [0.717, 1.165) is 43.3 Å². The molecule has 1 N–H and O–H groups in total. The van der Waals surface area contributed by atoms with E-state index in [0.29, 0.717) is 31.8 Å². The Morgan fingerprint density at radius 1 is 1.03 bits per heavy atom. The van der Waals surface area contributed by atoms with Crippen LogP contribution in [0.2, 0.25) is 0 Å². The Morgan fingerprint density at radius 3 is 2.47 bits per heavy atom. The van der Waals surface area contributed by atoms with Crippen molar-refractivity contribution in [3.8, 4) is 5.75 Å². The van der Waals surface area contributed by atoms with Crippen molar-refractivity contribution in [2.75, 3.05) is 20.0 Å². The molecule has 2 atom stereocenters. The molecule has 196 valence electrons. The predicted octanol–water partition coefficient (Wildman–Crippen LogP) is 4.57. The smallest absolute Gasteiger partial charge is 0.314 e. The number of ether oxygens (including phenoxy) is 3. The Kier molecular flexibility index (Phi) is 8.70. The molecule has 0 aromatic heterocycles. The first-order valence-corrected chi connectivity index (χ1v) is 14.6. The molecule has 0 bridgehead atoms. The van der Waals surface area contributed by atoms with Gasteiger partial charge in [0.1, 0.15) is 12.4 Å². The molecule has 2 aliphatic carbocycles. The maximum Gasteiger partial charge on any atom is 0.314 e. The summed E-state index contributed by atoms with van der Waals surface area (Å²) in [5.41, 5.74) is 1.64. The maximum absolute atomic E-state index is 12.6. The van der Waals surface area contributed by atoms with Crippen LogP contribution in [0.5, 0.6) is 5.75 Å². The third-order valence-corrected chi connectivity index (χ3v) is 8.22.